The molecule has 1 heterocycles. The third kappa shape index (κ3) is 3.12. The molecule has 0 radical (unpaired) electrons. The van der Waals surface area contributed by atoms with E-state index in [1.807, 2.05) is 30.3 Å². The van der Waals surface area contributed by atoms with Crippen LogP contribution in [0.4, 0.5) is 0 Å². The van der Waals surface area contributed by atoms with E-state index in [4.69, 9.17) is 0 Å². The van der Waals surface area contributed by atoms with Crippen molar-refractivity contribution in [1.82, 2.24) is 4.90 Å². The van der Waals surface area contributed by atoms with Crippen LogP contribution in [0.15, 0.2) is 30.3 Å². The summed E-state index contributed by atoms with van der Waals surface area (Å²) >= 11 is 0. The molecule has 0 aromatic heterocycles. The molecule has 0 saturated carbocycles. The molecule has 1 N–H and O–H groups in total. The number of rotatable bonds is 3. The highest BCUT2D eigenvalue weighted by atomic mass is 16.3. The van der Waals surface area contributed by atoms with Gasteiger partial charge in [-0.05, 0) is 30.7 Å². The molecule has 4 unspecified atom stereocenters. The summed E-state index contributed by atoms with van der Waals surface area (Å²) in [5, 5.41) is 10.3. The van der Waals surface area contributed by atoms with Gasteiger partial charge >= 0.3 is 0 Å². The maximum Gasteiger partial charge on any atom is 0.0917 e. The van der Waals surface area contributed by atoms with Crippen molar-refractivity contribution in [2.75, 3.05) is 13.1 Å². The van der Waals surface area contributed by atoms with Gasteiger partial charge in [0.2, 0.25) is 0 Å². The first-order chi connectivity index (χ1) is 8.58. The van der Waals surface area contributed by atoms with Crippen LogP contribution in [0.3, 0.4) is 0 Å². The van der Waals surface area contributed by atoms with Crippen molar-refractivity contribution in [2.24, 2.45) is 11.8 Å². The maximum absolute atomic E-state index is 10.3. The van der Waals surface area contributed by atoms with Gasteiger partial charge in [-0.15, -0.1) is 0 Å². The zero-order valence-electron chi connectivity index (χ0n) is 11.7. The zero-order chi connectivity index (χ0) is 13.1. The van der Waals surface area contributed by atoms with E-state index < -0.39 is 0 Å². The Kier molecular flexibility index (Phi) is 4.41. The SMILES string of the molecule is CC1CC(C)C(C)N(CC(O)c2ccccc2)C1. The minimum absolute atomic E-state index is 0.369. The number of hydrogen-bond acceptors (Lipinski definition) is 2. The topological polar surface area (TPSA) is 23.5 Å². The van der Waals surface area contributed by atoms with Crippen LogP contribution in [0.1, 0.15) is 38.9 Å². The van der Waals surface area contributed by atoms with E-state index >= 15 is 0 Å². The molecular weight excluding hydrogens is 222 g/mol. The van der Waals surface area contributed by atoms with E-state index in [-0.39, 0.29) is 6.10 Å². The highest BCUT2D eigenvalue weighted by Gasteiger charge is 2.29. The number of aliphatic hydroxyl groups excluding tert-OH is 1. The maximum atomic E-state index is 10.3. The van der Waals surface area contributed by atoms with Gasteiger partial charge in [0.05, 0.1) is 6.10 Å². The quantitative estimate of drug-likeness (QED) is 0.887. The molecule has 1 aromatic rings. The van der Waals surface area contributed by atoms with Crippen molar-refractivity contribution >= 4 is 0 Å². The molecule has 4 atom stereocenters. The van der Waals surface area contributed by atoms with Gasteiger partial charge in [0, 0.05) is 19.1 Å². The van der Waals surface area contributed by atoms with Crippen molar-refractivity contribution < 1.29 is 5.11 Å². The molecule has 1 aliphatic rings. The summed E-state index contributed by atoms with van der Waals surface area (Å²) in [4.78, 5) is 2.44. The van der Waals surface area contributed by atoms with Gasteiger partial charge < -0.3 is 5.11 Å². The van der Waals surface area contributed by atoms with Crippen LogP contribution >= 0.6 is 0 Å². The first-order valence-electron chi connectivity index (χ1n) is 7.05. The summed E-state index contributed by atoms with van der Waals surface area (Å²) in [7, 11) is 0. The van der Waals surface area contributed by atoms with Crippen molar-refractivity contribution in [3.05, 3.63) is 35.9 Å². The van der Waals surface area contributed by atoms with Crippen LogP contribution in [-0.2, 0) is 0 Å². The second-order valence-electron chi connectivity index (χ2n) is 5.94. The van der Waals surface area contributed by atoms with Crippen molar-refractivity contribution in [3.63, 3.8) is 0 Å². The lowest BCUT2D eigenvalue weighted by Crippen LogP contribution is -2.47. The third-order valence-electron chi connectivity index (χ3n) is 4.31. The Hall–Kier alpha value is -0.860. The third-order valence-corrected chi connectivity index (χ3v) is 4.31. The fourth-order valence-corrected chi connectivity index (χ4v) is 3.08. The fraction of sp³-hybridized carbons (Fsp3) is 0.625. The summed E-state index contributed by atoms with van der Waals surface area (Å²) < 4.78 is 0. The van der Waals surface area contributed by atoms with Crippen molar-refractivity contribution in [1.29, 1.82) is 0 Å². The molecule has 100 valence electrons. The molecule has 2 rings (SSSR count). The van der Waals surface area contributed by atoms with Gasteiger partial charge in [0.25, 0.3) is 0 Å². The summed E-state index contributed by atoms with van der Waals surface area (Å²) in [6, 6.07) is 10.6. The lowest BCUT2D eigenvalue weighted by Gasteiger charge is -2.42. The van der Waals surface area contributed by atoms with Crippen LogP contribution in [0.2, 0.25) is 0 Å². The minimum atomic E-state index is -0.369. The van der Waals surface area contributed by atoms with Gasteiger partial charge in [-0.2, -0.15) is 0 Å². The standard InChI is InChI=1S/C16H25NO/c1-12-9-13(2)14(3)17(10-12)11-16(18)15-7-5-4-6-8-15/h4-8,12-14,16,18H,9-11H2,1-3H3. The Labute approximate surface area is 111 Å². The van der Waals surface area contributed by atoms with E-state index in [2.05, 4.69) is 25.7 Å². The predicted molar refractivity (Wildman–Crippen MR) is 75.4 cm³/mol. The molecule has 2 nitrogen and oxygen atoms in total. The Balaban J connectivity index is 2.00. The van der Waals surface area contributed by atoms with Crippen LogP contribution in [0.25, 0.3) is 0 Å². The Morgan fingerprint density at radius 2 is 1.89 bits per heavy atom. The van der Waals surface area contributed by atoms with E-state index in [1.165, 1.54) is 6.42 Å². The van der Waals surface area contributed by atoms with E-state index in [0.29, 0.717) is 6.04 Å². The van der Waals surface area contributed by atoms with Gasteiger partial charge in [-0.25, -0.2) is 0 Å². The average molecular weight is 247 g/mol. The molecule has 1 fully saturated rings. The Bertz CT molecular complexity index is 365. The summed E-state index contributed by atoms with van der Waals surface area (Å²) in [5.74, 6) is 1.45. The lowest BCUT2D eigenvalue weighted by atomic mass is 9.85. The van der Waals surface area contributed by atoms with Crippen molar-refractivity contribution in [3.8, 4) is 0 Å². The van der Waals surface area contributed by atoms with Crippen LogP contribution in [0.5, 0.6) is 0 Å². The number of piperidine rings is 1. The van der Waals surface area contributed by atoms with Gasteiger partial charge in [0.1, 0.15) is 0 Å². The second-order valence-corrected chi connectivity index (χ2v) is 5.94. The number of aliphatic hydroxyl groups is 1. The normalized spacial score (nSPS) is 31.2. The van der Waals surface area contributed by atoms with E-state index in [1.54, 1.807) is 0 Å². The molecule has 1 aliphatic heterocycles. The molecule has 0 aliphatic carbocycles. The monoisotopic (exact) mass is 247 g/mol. The number of β-amino-alcohol motifs (C(OH)–C–C–N with tert-alkyl or cyclic N) is 1. The van der Waals surface area contributed by atoms with E-state index in [9.17, 15) is 5.11 Å². The Morgan fingerprint density at radius 1 is 1.22 bits per heavy atom. The van der Waals surface area contributed by atoms with E-state index in [0.717, 1.165) is 30.5 Å². The molecule has 18 heavy (non-hydrogen) atoms. The molecule has 0 bridgehead atoms. The number of nitrogens with zero attached hydrogens (tertiary/aromatic N) is 1. The Morgan fingerprint density at radius 3 is 2.56 bits per heavy atom. The van der Waals surface area contributed by atoms with Gasteiger partial charge in [-0.3, -0.25) is 4.90 Å². The first kappa shape index (κ1) is 13.6. The molecule has 1 saturated heterocycles. The largest absolute Gasteiger partial charge is 0.387 e. The summed E-state index contributed by atoms with van der Waals surface area (Å²) in [6.07, 6.45) is 0.935. The average Bonchev–Trinajstić information content (AvgIpc) is 2.36. The number of hydrogen-bond donors (Lipinski definition) is 1. The number of benzene rings is 1. The van der Waals surface area contributed by atoms with Gasteiger partial charge in [-0.1, -0.05) is 44.2 Å². The van der Waals surface area contributed by atoms with Crippen LogP contribution in [0, 0.1) is 11.8 Å². The summed E-state index contributed by atoms with van der Waals surface area (Å²) in [5.41, 5.74) is 1.02. The van der Waals surface area contributed by atoms with Gasteiger partial charge in [0.15, 0.2) is 0 Å². The highest BCUT2D eigenvalue weighted by molar-refractivity contribution is 5.17. The highest BCUT2D eigenvalue weighted by Crippen LogP contribution is 2.28. The number of likely N-dealkylation sites (tertiary alicyclic amines) is 1. The lowest BCUT2D eigenvalue weighted by molar-refractivity contribution is 0.0316. The smallest absolute Gasteiger partial charge is 0.0917 e. The molecule has 0 spiro atoms. The summed E-state index contributed by atoms with van der Waals surface area (Å²) in [6.45, 7) is 8.77. The molecule has 2 heteroatoms. The zero-order valence-corrected chi connectivity index (χ0v) is 11.7. The fourth-order valence-electron chi connectivity index (χ4n) is 3.08. The molecule has 0 amide bonds. The van der Waals surface area contributed by atoms with Crippen molar-refractivity contribution in [2.45, 2.75) is 39.3 Å². The minimum Gasteiger partial charge on any atom is -0.387 e. The second kappa shape index (κ2) is 5.85. The molecule has 1 aromatic carbocycles. The van der Waals surface area contributed by atoms with Crippen LogP contribution < -0.4 is 0 Å². The first-order valence-corrected chi connectivity index (χ1v) is 7.05. The van der Waals surface area contributed by atoms with Crippen LogP contribution in [-0.4, -0.2) is 29.1 Å². The molecular formula is C16H25NO. The predicted octanol–water partition coefficient (Wildman–Crippen LogP) is 3.09.